The van der Waals surface area contributed by atoms with Crippen molar-refractivity contribution in [1.82, 2.24) is 4.90 Å². The van der Waals surface area contributed by atoms with Crippen LogP contribution in [0.2, 0.25) is 5.02 Å². The quantitative estimate of drug-likeness (QED) is 0.809. The van der Waals surface area contributed by atoms with Crippen LogP contribution >= 0.6 is 11.6 Å². The summed E-state index contributed by atoms with van der Waals surface area (Å²) in [5, 5.41) is 0.690. The van der Waals surface area contributed by atoms with Crippen LogP contribution < -0.4 is 4.74 Å². The standard InChI is InChI=1S/C20H22ClNO2/c1-14-5-10-19(15(2)12-14)20(23)22-11-3-4-17(22)13-24-18-8-6-16(21)7-9-18/h5-10,12,17H,3-4,11,13H2,1-2H3. The molecule has 1 amide bonds. The third kappa shape index (κ3) is 3.73. The van der Waals surface area contributed by atoms with Gasteiger partial charge in [0, 0.05) is 17.1 Å². The van der Waals surface area contributed by atoms with Gasteiger partial charge in [-0.25, -0.2) is 0 Å². The van der Waals surface area contributed by atoms with Crippen LogP contribution in [0.15, 0.2) is 42.5 Å². The first kappa shape index (κ1) is 16.8. The molecule has 0 N–H and O–H groups in total. The molecule has 126 valence electrons. The Morgan fingerprint density at radius 3 is 2.67 bits per heavy atom. The third-order valence-corrected chi connectivity index (χ3v) is 4.76. The van der Waals surface area contributed by atoms with Crippen molar-refractivity contribution >= 4 is 17.5 Å². The second-order valence-electron chi connectivity index (χ2n) is 6.38. The van der Waals surface area contributed by atoms with Gasteiger partial charge < -0.3 is 9.64 Å². The van der Waals surface area contributed by atoms with Gasteiger partial charge in [0.05, 0.1) is 6.04 Å². The van der Waals surface area contributed by atoms with Crippen molar-refractivity contribution in [2.24, 2.45) is 0 Å². The fourth-order valence-electron chi connectivity index (χ4n) is 3.21. The van der Waals surface area contributed by atoms with Gasteiger partial charge in [-0.15, -0.1) is 0 Å². The van der Waals surface area contributed by atoms with E-state index in [0.717, 1.165) is 36.3 Å². The Bertz CT molecular complexity index is 727. The van der Waals surface area contributed by atoms with Crippen molar-refractivity contribution in [3.63, 3.8) is 0 Å². The summed E-state index contributed by atoms with van der Waals surface area (Å²) in [4.78, 5) is 14.9. The molecule has 1 aliphatic heterocycles. The number of likely N-dealkylation sites (tertiary alicyclic amines) is 1. The second-order valence-corrected chi connectivity index (χ2v) is 6.81. The Labute approximate surface area is 148 Å². The first-order valence-corrected chi connectivity index (χ1v) is 8.69. The molecule has 2 aromatic carbocycles. The number of aryl methyl sites for hydroxylation is 2. The molecule has 1 saturated heterocycles. The fraction of sp³-hybridized carbons (Fsp3) is 0.350. The van der Waals surface area contributed by atoms with Gasteiger partial charge in [0.15, 0.2) is 0 Å². The van der Waals surface area contributed by atoms with Crippen LogP contribution in [0.4, 0.5) is 0 Å². The average molecular weight is 344 g/mol. The summed E-state index contributed by atoms with van der Waals surface area (Å²) >= 11 is 5.89. The van der Waals surface area contributed by atoms with Gasteiger partial charge in [0.25, 0.3) is 5.91 Å². The van der Waals surface area contributed by atoms with Gasteiger partial charge in [0.1, 0.15) is 12.4 Å². The molecule has 0 spiro atoms. The van der Waals surface area contributed by atoms with Gasteiger partial charge in [-0.3, -0.25) is 4.79 Å². The maximum absolute atomic E-state index is 12.9. The predicted molar refractivity (Wildman–Crippen MR) is 96.9 cm³/mol. The normalized spacial score (nSPS) is 17.1. The highest BCUT2D eigenvalue weighted by Crippen LogP contribution is 2.23. The summed E-state index contributed by atoms with van der Waals surface area (Å²) in [6.45, 7) is 5.34. The first-order valence-electron chi connectivity index (χ1n) is 8.31. The Kier molecular flexibility index (Phi) is 5.10. The molecule has 0 aromatic heterocycles. The lowest BCUT2D eigenvalue weighted by molar-refractivity contribution is 0.0691. The lowest BCUT2D eigenvalue weighted by atomic mass is 10.0. The molecule has 4 heteroatoms. The minimum Gasteiger partial charge on any atom is -0.491 e. The van der Waals surface area contributed by atoms with E-state index in [0.29, 0.717) is 11.6 Å². The number of ether oxygens (including phenoxy) is 1. The molecule has 1 fully saturated rings. The van der Waals surface area contributed by atoms with E-state index < -0.39 is 0 Å². The van der Waals surface area contributed by atoms with Crippen LogP contribution in [0, 0.1) is 13.8 Å². The number of benzene rings is 2. The number of carbonyl (C=O) groups excluding carboxylic acids is 1. The minimum absolute atomic E-state index is 0.106. The van der Waals surface area contributed by atoms with E-state index in [4.69, 9.17) is 16.3 Å². The van der Waals surface area contributed by atoms with E-state index in [1.54, 1.807) is 0 Å². The molecule has 0 bridgehead atoms. The summed E-state index contributed by atoms with van der Waals surface area (Å²) in [7, 11) is 0. The summed E-state index contributed by atoms with van der Waals surface area (Å²) in [6, 6.07) is 13.4. The van der Waals surface area contributed by atoms with Crippen molar-refractivity contribution in [3.8, 4) is 5.75 Å². The number of hydrogen-bond acceptors (Lipinski definition) is 2. The number of nitrogens with zero attached hydrogens (tertiary/aromatic N) is 1. The largest absolute Gasteiger partial charge is 0.491 e. The Morgan fingerprint density at radius 1 is 1.21 bits per heavy atom. The van der Waals surface area contributed by atoms with Crippen LogP contribution in [0.25, 0.3) is 0 Å². The van der Waals surface area contributed by atoms with E-state index >= 15 is 0 Å². The lowest BCUT2D eigenvalue weighted by Crippen LogP contribution is -2.39. The molecule has 0 aliphatic carbocycles. The minimum atomic E-state index is 0.106. The van der Waals surface area contributed by atoms with Crippen molar-refractivity contribution in [1.29, 1.82) is 0 Å². The third-order valence-electron chi connectivity index (χ3n) is 4.51. The smallest absolute Gasteiger partial charge is 0.254 e. The molecule has 1 unspecified atom stereocenters. The maximum atomic E-state index is 12.9. The zero-order valence-corrected chi connectivity index (χ0v) is 14.8. The molecule has 2 aromatic rings. The molecule has 1 atom stereocenters. The second kappa shape index (κ2) is 7.27. The first-order chi connectivity index (χ1) is 11.5. The molecule has 0 radical (unpaired) electrons. The van der Waals surface area contributed by atoms with Crippen molar-refractivity contribution < 1.29 is 9.53 Å². The maximum Gasteiger partial charge on any atom is 0.254 e. The highest BCUT2D eigenvalue weighted by molar-refractivity contribution is 6.30. The fourth-order valence-corrected chi connectivity index (χ4v) is 3.33. The number of hydrogen-bond donors (Lipinski definition) is 0. The number of carbonyl (C=O) groups is 1. The van der Waals surface area contributed by atoms with E-state index in [1.807, 2.05) is 55.1 Å². The Balaban J connectivity index is 1.68. The zero-order chi connectivity index (χ0) is 17.1. The van der Waals surface area contributed by atoms with Gasteiger partial charge in [-0.1, -0.05) is 29.3 Å². The van der Waals surface area contributed by atoms with Crippen LogP contribution in [0.1, 0.15) is 34.3 Å². The Hall–Kier alpha value is -2.00. The van der Waals surface area contributed by atoms with E-state index in [1.165, 1.54) is 5.56 Å². The van der Waals surface area contributed by atoms with E-state index in [9.17, 15) is 4.79 Å². The molecule has 3 nitrogen and oxygen atoms in total. The molecule has 3 rings (SSSR count). The van der Waals surface area contributed by atoms with Crippen LogP contribution in [0.5, 0.6) is 5.75 Å². The number of amides is 1. The molecule has 0 saturated carbocycles. The molecular formula is C20H22ClNO2. The Morgan fingerprint density at radius 2 is 1.96 bits per heavy atom. The summed E-state index contributed by atoms with van der Waals surface area (Å²) < 4.78 is 5.86. The topological polar surface area (TPSA) is 29.5 Å². The number of halogens is 1. The van der Waals surface area contributed by atoms with Crippen LogP contribution in [-0.4, -0.2) is 30.0 Å². The summed E-state index contributed by atoms with van der Waals surface area (Å²) in [6.07, 6.45) is 2.00. The van der Waals surface area contributed by atoms with Gasteiger partial charge in [0.2, 0.25) is 0 Å². The molecule has 24 heavy (non-hydrogen) atoms. The number of rotatable bonds is 4. The van der Waals surface area contributed by atoms with E-state index in [2.05, 4.69) is 6.07 Å². The molecule has 1 aliphatic rings. The van der Waals surface area contributed by atoms with Crippen LogP contribution in [-0.2, 0) is 0 Å². The molecular weight excluding hydrogens is 322 g/mol. The van der Waals surface area contributed by atoms with Gasteiger partial charge in [-0.05, 0) is 62.6 Å². The molecule has 1 heterocycles. The van der Waals surface area contributed by atoms with Gasteiger partial charge in [-0.2, -0.15) is 0 Å². The monoisotopic (exact) mass is 343 g/mol. The summed E-state index contributed by atoms with van der Waals surface area (Å²) in [5.41, 5.74) is 3.00. The summed E-state index contributed by atoms with van der Waals surface area (Å²) in [5.74, 6) is 0.889. The van der Waals surface area contributed by atoms with Gasteiger partial charge >= 0.3 is 0 Å². The van der Waals surface area contributed by atoms with Crippen molar-refractivity contribution in [2.75, 3.05) is 13.2 Å². The average Bonchev–Trinajstić information content (AvgIpc) is 3.02. The lowest BCUT2D eigenvalue weighted by Gasteiger charge is -2.25. The highest BCUT2D eigenvalue weighted by atomic mass is 35.5. The van der Waals surface area contributed by atoms with Crippen molar-refractivity contribution in [2.45, 2.75) is 32.7 Å². The SMILES string of the molecule is Cc1ccc(C(=O)N2CCCC2COc2ccc(Cl)cc2)c(C)c1. The van der Waals surface area contributed by atoms with Crippen molar-refractivity contribution in [3.05, 3.63) is 64.2 Å². The zero-order valence-electron chi connectivity index (χ0n) is 14.1. The van der Waals surface area contributed by atoms with E-state index in [-0.39, 0.29) is 11.9 Å². The predicted octanol–water partition coefficient (Wildman–Crippen LogP) is 4.64. The highest BCUT2D eigenvalue weighted by Gasteiger charge is 2.30. The van der Waals surface area contributed by atoms with Crippen LogP contribution in [0.3, 0.4) is 0 Å².